The number of sulfonamides is 1. The maximum absolute atomic E-state index is 12.4. The van der Waals surface area contributed by atoms with E-state index in [-0.39, 0.29) is 11.5 Å². The van der Waals surface area contributed by atoms with Crippen LogP contribution in [-0.2, 0) is 26.2 Å². The summed E-state index contributed by atoms with van der Waals surface area (Å²) in [6, 6.07) is 8.60. The van der Waals surface area contributed by atoms with Crippen LogP contribution in [0.4, 0.5) is 0 Å². The minimum atomic E-state index is -3.84. The molecule has 1 heterocycles. The third-order valence-corrected chi connectivity index (χ3v) is 6.10. The van der Waals surface area contributed by atoms with E-state index in [0.29, 0.717) is 35.3 Å². The predicted molar refractivity (Wildman–Crippen MR) is 108 cm³/mol. The number of halogens is 1. The standard InChI is InChI=1S/C20H22ClNO6S/c1-13-4-6-16(7-5-13)29(24,25)22-14(2)20(23)28-12-15-10-17(21)19-18(11-15)26-8-3-9-27-19/h4-7,10-11,14,22H,3,8-9,12H2,1-2H3. The quantitative estimate of drug-likeness (QED) is 0.695. The van der Waals surface area contributed by atoms with E-state index in [2.05, 4.69) is 4.72 Å². The van der Waals surface area contributed by atoms with Crippen LogP contribution in [0.3, 0.4) is 0 Å². The zero-order chi connectivity index (χ0) is 21.0. The Bertz CT molecular complexity index is 991. The van der Waals surface area contributed by atoms with Gasteiger partial charge in [-0.2, -0.15) is 4.72 Å². The van der Waals surface area contributed by atoms with Crippen LogP contribution in [0.2, 0.25) is 5.02 Å². The lowest BCUT2D eigenvalue weighted by Gasteiger charge is -2.15. The summed E-state index contributed by atoms with van der Waals surface area (Å²) in [4.78, 5) is 12.4. The molecule has 7 nitrogen and oxygen atoms in total. The first kappa shape index (κ1) is 21.4. The minimum absolute atomic E-state index is 0.0776. The number of hydrogen-bond acceptors (Lipinski definition) is 6. The van der Waals surface area contributed by atoms with Crippen molar-refractivity contribution in [3.8, 4) is 11.5 Å². The molecule has 0 fully saturated rings. The second-order valence-corrected chi connectivity index (χ2v) is 8.84. The number of fused-ring (bicyclic) bond motifs is 1. The fraction of sp³-hybridized carbons (Fsp3) is 0.350. The van der Waals surface area contributed by atoms with Crippen molar-refractivity contribution in [3.05, 3.63) is 52.5 Å². The normalized spacial score (nSPS) is 14.7. The van der Waals surface area contributed by atoms with E-state index in [0.717, 1.165) is 12.0 Å². The molecule has 0 saturated carbocycles. The minimum Gasteiger partial charge on any atom is -0.489 e. The molecule has 0 amide bonds. The highest BCUT2D eigenvalue weighted by molar-refractivity contribution is 7.89. The zero-order valence-electron chi connectivity index (χ0n) is 16.1. The molecule has 1 atom stereocenters. The van der Waals surface area contributed by atoms with E-state index < -0.39 is 22.0 Å². The van der Waals surface area contributed by atoms with Crippen molar-refractivity contribution in [2.45, 2.75) is 37.8 Å². The average Bonchev–Trinajstić information content (AvgIpc) is 2.92. The fourth-order valence-electron chi connectivity index (χ4n) is 2.71. The lowest BCUT2D eigenvalue weighted by molar-refractivity contribution is -0.146. The summed E-state index contributed by atoms with van der Waals surface area (Å²) in [5, 5.41) is 0.364. The summed E-state index contributed by atoms with van der Waals surface area (Å²) in [5.74, 6) is 0.261. The van der Waals surface area contributed by atoms with E-state index in [1.807, 2.05) is 6.92 Å². The maximum atomic E-state index is 12.4. The highest BCUT2D eigenvalue weighted by Gasteiger charge is 2.23. The van der Waals surface area contributed by atoms with Gasteiger partial charge in [-0.3, -0.25) is 4.79 Å². The van der Waals surface area contributed by atoms with E-state index >= 15 is 0 Å². The lowest BCUT2D eigenvalue weighted by atomic mass is 10.2. The highest BCUT2D eigenvalue weighted by Crippen LogP contribution is 2.38. The topological polar surface area (TPSA) is 90.9 Å². The SMILES string of the molecule is Cc1ccc(S(=O)(=O)NC(C)C(=O)OCc2cc(Cl)c3c(c2)OCCCO3)cc1. The molecule has 0 bridgehead atoms. The van der Waals surface area contributed by atoms with Gasteiger partial charge in [-0.1, -0.05) is 29.3 Å². The number of aryl methyl sites for hydroxylation is 1. The molecular weight excluding hydrogens is 418 g/mol. The number of carbonyl (C=O) groups is 1. The third kappa shape index (κ3) is 5.41. The van der Waals surface area contributed by atoms with Crippen LogP contribution in [0.25, 0.3) is 0 Å². The van der Waals surface area contributed by atoms with E-state index in [4.69, 9.17) is 25.8 Å². The highest BCUT2D eigenvalue weighted by atomic mass is 35.5. The summed E-state index contributed by atoms with van der Waals surface area (Å²) in [5.41, 5.74) is 1.55. The van der Waals surface area contributed by atoms with Gasteiger partial charge in [0.25, 0.3) is 0 Å². The van der Waals surface area contributed by atoms with Crippen LogP contribution in [0.5, 0.6) is 11.5 Å². The van der Waals surface area contributed by atoms with Crippen molar-refractivity contribution >= 4 is 27.6 Å². The van der Waals surface area contributed by atoms with Gasteiger partial charge in [0, 0.05) is 6.42 Å². The van der Waals surface area contributed by atoms with Crippen molar-refractivity contribution in [2.75, 3.05) is 13.2 Å². The Hall–Kier alpha value is -2.29. The molecule has 1 unspecified atom stereocenters. The fourth-order valence-corrected chi connectivity index (χ4v) is 4.19. The van der Waals surface area contributed by atoms with Crippen LogP contribution >= 0.6 is 11.6 Å². The van der Waals surface area contributed by atoms with Crippen molar-refractivity contribution in [1.29, 1.82) is 0 Å². The first-order valence-electron chi connectivity index (χ1n) is 9.10. The molecule has 156 valence electrons. The van der Waals surface area contributed by atoms with Crippen molar-refractivity contribution in [2.24, 2.45) is 0 Å². The Morgan fingerprint density at radius 2 is 1.90 bits per heavy atom. The van der Waals surface area contributed by atoms with Gasteiger partial charge in [0.1, 0.15) is 12.6 Å². The molecule has 29 heavy (non-hydrogen) atoms. The molecule has 0 radical (unpaired) electrons. The molecule has 1 aliphatic rings. The van der Waals surface area contributed by atoms with Crippen LogP contribution in [0.15, 0.2) is 41.3 Å². The van der Waals surface area contributed by atoms with Gasteiger partial charge >= 0.3 is 5.97 Å². The molecule has 0 aromatic heterocycles. The molecule has 1 aliphatic heterocycles. The maximum Gasteiger partial charge on any atom is 0.324 e. The van der Waals surface area contributed by atoms with Crippen LogP contribution < -0.4 is 14.2 Å². The van der Waals surface area contributed by atoms with Crippen LogP contribution in [0.1, 0.15) is 24.5 Å². The predicted octanol–water partition coefficient (Wildman–Crippen LogP) is 3.22. The molecule has 0 spiro atoms. The number of carbonyl (C=O) groups excluding carboxylic acids is 1. The first-order chi connectivity index (χ1) is 13.8. The van der Waals surface area contributed by atoms with Gasteiger partial charge in [0.2, 0.25) is 10.0 Å². The summed E-state index contributed by atoms with van der Waals surface area (Å²) in [6.45, 7) is 4.22. The van der Waals surface area contributed by atoms with Gasteiger partial charge < -0.3 is 14.2 Å². The van der Waals surface area contributed by atoms with Crippen molar-refractivity contribution in [3.63, 3.8) is 0 Å². The zero-order valence-corrected chi connectivity index (χ0v) is 17.7. The number of hydrogen-bond donors (Lipinski definition) is 1. The van der Waals surface area contributed by atoms with E-state index in [1.165, 1.54) is 19.1 Å². The van der Waals surface area contributed by atoms with Gasteiger partial charge in [-0.05, 0) is 43.7 Å². The molecule has 0 aliphatic carbocycles. The molecule has 1 N–H and O–H groups in total. The van der Waals surface area contributed by atoms with Crippen molar-refractivity contribution in [1.82, 2.24) is 4.72 Å². The van der Waals surface area contributed by atoms with Gasteiger partial charge in [0.05, 0.1) is 23.1 Å². The number of nitrogens with one attached hydrogen (secondary N) is 1. The first-order valence-corrected chi connectivity index (χ1v) is 11.0. The largest absolute Gasteiger partial charge is 0.489 e. The molecule has 2 aromatic carbocycles. The molecule has 2 aromatic rings. The summed E-state index contributed by atoms with van der Waals surface area (Å²) < 4.78 is 43.5. The number of esters is 1. The second kappa shape index (κ2) is 9.02. The van der Waals surface area contributed by atoms with E-state index in [1.54, 1.807) is 24.3 Å². The lowest BCUT2D eigenvalue weighted by Crippen LogP contribution is -2.39. The van der Waals surface area contributed by atoms with Crippen LogP contribution in [-0.4, -0.2) is 33.6 Å². The van der Waals surface area contributed by atoms with Crippen molar-refractivity contribution < 1.29 is 27.4 Å². The van der Waals surface area contributed by atoms with Gasteiger partial charge in [-0.15, -0.1) is 0 Å². The molecular formula is C20H22ClNO6S. The van der Waals surface area contributed by atoms with Crippen LogP contribution in [0, 0.1) is 6.92 Å². The Morgan fingerprint density at radius 3 is 2.62 bits per heavy atom. The Kier molecular flexibility index (Phi) is 6.66. The summed E-state index contributed by atoms with van der Waals surface area (Å²) >= 11 is 6.23. The summed E-state index contributed by atoms with van der Waals surface area (Å²) in [6.07, 6.45) is 0.744. The van der Waals surface area contributed by atoms with Gasteiger partial charge in [0.15, 0.2) is 11.5 Å². The Balaban J connectivity index is 1.62. The Morgan fingerprint density at radius 1 is 1.21 bits per heavy atom. The molecule has 9 heteroatoms. The monoisotopic (exact) mass is 439 g/mol. The second-order valence-electron chi connectivity index (χ2n) is 6.72. The molecule has 3 rings (SSSR count). The Labute approximate surface area is 175 Å². The number of benzene rings is 2. The number of ether oxygens (including phenoxy) is 3. The summed E-state index contributed by atoms with van der Waals surface area (Å²) in [7, 11) is -3.84. The number of rotatable bonds is 6. The molecule has 0 saturated heterocycles. The third-order valence-electron chi connectivity index (χ3n) is 4.26. The van der Waals surface area contributed by atoms with Gasteiger partial charge in [-0.25, -0.2) is 8.42 Å². The average molecular weight is 440 g/mol. The van der Waals surface area contributed by atoms with E-state index in [9.17, 15) is 13.2 Å². The smallest absolute Gasteiger partial charge is 0.324 e.